The van der Waals surface area contributed by atoms with Crippen molar-refractivity contribution in [2.75, 3.05) is 0 Å². The third-order valence-corrected chi connectivity index (χ3v) is 7.76. The topological polar surface area (TPSA) is 204 Å². The predicted molar refractivity (Wildman–Crippen MR) is 162 cm³/mol. The molecule has 3 aromatic carbocycles. The maximum Gasteiger partial charge on any atom is 0.491 e. The largest absolute Gasteiger partial charge is 0.508 e. The number of rotatable bonds is 11. The lowest BCUT2D eigenvalue weighted by atomic mass is 9.78. The van der Waals surface area contributed by atoms with Crippen LogP contribution in [-0.2, 0) is 38.5 Å². The van der Waals surface area contributed by atoms with E-state index in [1.165, 1.54) is 37.3 Å². The number of fused-ring (bicyclic) bond motifs is 2. The highest BCUT2D eigenvalue weighted by Crippen LogP contribution is 2.15. The molecule has 45 heavy (non-hydrogen) atoms. The minimum atomic E-state index is -1.37. The highest BCUT2D eigenvalue weighted by molar-refractivity contribution is 6.62. The number of aromatic hydroxyl groups is 1. The van der Waals surface area contributed by atoms with E-state index in [0.717, 1.165) is 5.56 Å². The normalized spacial score (nSPS) is 15.4. The Kier molecular flexibility index (Phi) is 9.54. The Hall–Kier alpha value is -4.69. The zero-order valence-corrected chi connectivity index (χ0v) is 24.2. The van der Waals surface area contributed by atoms with Gasteiger partial charge in [0.1, 0.15) is 11.8 Å². The summed E-state index contributed by atoms with van der Waals surface area (Å²) in [5.74, 6) is -3.14. The van der Waals surface area contributed by atoms with Gasteiger partial charge in [-0.2, -0.15) is 0 Å². The van der Waals surface area contributed by atoms with Crippen molar-refractivity contribution in [1.29, 1.82) is 0 Å². The standard InChI is InChI=1S/C30H31B2N3O10/c1-16(33-28(39)18-4-6-20-14-44-31(42)24(20)11-18)27(35-29(40)19-5-7-21-15-45-32(43)25(21)12-19)30(41)34-22(13-26(37)38)10-17-2-8-23(36)9-3-17/h2-9,11-12,16,22,27,36,42-43H,10,13-15H2,1H3,(H,33,39)(H,34,41)(H,35,40)(H,37,38). The second kappa shape index (κ2) is 13.5. The number of hydrogen-bond donors (Lipinski definition) is 7. The first-order valence-corrected chi connectivity index (χ1v) is 14.2. The lowest BCUT2D eigenvalue weighted by Gasteiger charge is -2.28. The summed E-state index contributed by atoms with van der Waals surface area (Å²) in [6.45, 7) is 1.90. The van der Waals surface area contributed by atoms with Gasteiger partial charge < -0.3 is 45.5 Å². The monoisotopic (exact) mass is 615 g/mol. The Morgan fingerprint density at radius 1 is 0.800 bits per heavy atom. The van der Waals surface area contributed by atoms with Gasteiger partial charge in [0.05, 0.1) is 25.7 Å². The molecule has 0 fully saturated rings. The van der Waals surface area contributed by atoms with E-state index in [0.29, 0.717) is 22.1 Å². The maximum absolute atomic E-state index is 13.7. The summed E-state index contributed by atoms with van der Waals surface area (Å²) in [6, 6.07) is 12.1. The molecule has 0 radical (unpaired) electrons. The molecule has 2 aliphatic heterocycles. The van der Waals surface area contributed by atoms with Gasteiger partial charge in [0.2, 0.25) is 5.91 Å². The van der Waals surface area contributed by atoms with Gasteiger partial charge in [-0.05, 0) is 77.4 Å². The number of hydrogen-bond acceptors (Lipinski definition) is 9. The van der Waals surface area contributed by atoms with Gasteiger partial charge in [-0.25, -0.2) is 0 Å². The number of phenolic OH excluding ortho intramolecular Hbond substituents is 1. The van der Waals surface area contributed by atoms with Crippen molar-refractivity contribution >= 4 is 48.9 Å². The fraction of sp³-hybridized carbons (Fsp3) is 0.267. The Morgan fingerprint density at radius 2 is 1.33 bits per heavy atom. The molecule has 0 spiro atoms. The van der Waals surface area contributed by atoms with E-state index >= 15 is 0 Å². The average molecular weight is 615 g/mol. The zero-order valence-electron chi connectivity index (χ0n) is 24.2. The number of aliphatic carboxylic acids is 1. The van der Waals surface area contributed by atoms with Crippen molar-refractivity contribution in [3.05, 3.63) is 88.5 Å². The third kappa shape index (κ3) is 7.52. The molecule has 0 bridgehead atoms. The van der Waals surface area contributed by atoms with Crippen LogP contribution in [0.15, 0.2) is 60.7 Å². The van der Waals surface area contributed by atoms with Crippen molar-refractivity contribution in [3.63, 3.8) is 0 Å². The zero-order chi connectivity index (χ0) is 32.2. The predicted octanol–water partition coefficient (Wildman–Crippen LogP) is -1.05. The Bertz CT molecular complexity index is 1620. The number of carbonyl (C=O) groups is 4. The van der Waals surface area contributed by atoms with E-state index in [9.17, 15) is 39.4 Å². The molecule has 0 saturated heterocycles. The van der Waals surface area contributed by atoms with Gasteiger partial charge in [-0.3, -0.25) is 19.2 Å². The Morgan fingerprint density at radius 3 is 1.87 bits per heavy atom. The van der Waals surface area contributed by atoms with Crippen LogP contribution in [0.5, 0.6) is 5.75 Å². The first-order chi connectivity index (χ1) is 21.5. The Labute approximate surface area is 258 Å². The number of carboxylic acids is 1. The van der Waals surface area contributed by atoms with Gasteiger partial charge in [-0.15, -0.1) is 0 Å². The summed E-state index contributed by atoms with van der Waals surface area (Å²) in [5, 5.41) is 47.3. The summed E-state index contributed by atoms with van der Waals surface area (Å²) in [5.41, 5.74) is 3.30. The molecule has 3 unspecified atom stereocenters. The lowest BCUT2D eigenvalue weighted by Crippen LogP contribution is -2.59. The van der Waals surface area contributed by atoms with Crippen LogP contribution in [-0.4, -0.2) is 76.3 Å². The van der Waals surface area contributed by atoms with Crippen LogP contribution in [0.3, 0.4) is 0 Å². The molecule has 5 rings (SSSR count). The van der Waals surface area contributed by atoms with E-state index in [4.69, 9.17) is 9.31 Å². The maximum atomic E-state index is 13.7. The van der Waals surface area contributed by atoms with Crippen LogP contribution in [0, 0.1) is 0 Å². The molecular weight excluding hydrogens is 584 g/mol. The van der Waals surface area contributed by atoms with E-state index in [2.05, 4.69) is 16.0 Å². The minimum Gasteiger partial charge on any atom is -0.508 e. The van der Waals surface area contributed by atoms with Crippen LogP contribution in [0.1, 0.15) is 50.8 Å². The second-order valence-corrected chi connectivity index (χ2v) is 11.0. The van der Waals surface area contributed by atoms with Gasteiger partial charge in [0.15, 0.2) is 0 Å². The molecule has 7 N–H and O–H groups in total. The number of carboxylic acid groups (broad SMARTS) is 1. The first-order valence-electron chi connectivity index (χ1n) is 14.2. The first kappa shape index (κ1) is 31.7. The second-order valence-electron chi connectivity index (χ2n) is 11.0. The van der Waals surface area contributed by atoms with E-state index in [1.807, 2.05) is 0 Å². The molecule has 3 atom stereocenters. The van der Waals surface area contributed by atoms with Crippen LogP contribution in [0.2, 0.25) is 0 Å². The van der Waals surface area contributed by atoms with Crippen LogP contribution in [0.4, 0.5) is 0 Å². The van der Waals surface area contributed by atoms with Gasteiger partial charge >= 0.3 is 20.2 Å². The number of phenols is 1. The van der Waals surface area contributed by atoms with Crippen molar-refractivity contribution in [1.82, 2.24) is 16.0 Å². The van der Waals surface area contributed by atoms with Crippen LogP contribution in [0.25, 0.3) is 0 Å². The summed E-state index contributed by atoms with van der Waals surface area (Å²) >= 11 is 0. The summed E-state index contributed by atoms with van der Waals surface area (Å²) in [6.07, 6.45) is -0.321. The molecular formula is C30H31B2N3O10. The number of nitrogens with one attached hydrogen (secondary N) is 3. The summed E-state index contributed by atoms with van der Waals surface area (Å²) in [4.78, 5) is 52.0. The highest BCUT2D eigenvalue weighted by Gasteiger charge is 2.33. The fourth-order valence-corrected chi connectivity index (χ4v) is 5.32. The molecule has 15 heteroatoms. The third-order valence-electron chi connectivity index (χ3n) is 7.76. The molecule has 2 aliphatic rings. The van der Waals surface area contributed by atoms with Gasteiger partial charge in [-0.1, -0.05) is 24.3 Å². The quantitative estimate of drug-likeness (QED) is 0.130. The molecule has 3 aromatic rings. The van der Waals surface area contributed by atoms with Crippen LogP contribution < -0.4 is 26.9 Å². The average Bonchev–Trinajstić information content (AvgIpc) is 3.57. The summed E-state index contributed by atoms with van der Waals surface area (Å²) < 4.78 is 10.4. The smallest absolute Gasteiger partial charge is 0.491 e. The highest BCUT2D eigenvalue weighted by atomic mass is 16.5. The van der Waals surface area contributed by atoms with E-state index in [1.54, 1.807) is 30.3 Å². The van der Waals surface area contributed by atoms with E-state index in [-0.39, 0.29) is 36.5 Å². The molecule has 3 amide bonds. The SMILES string of the molecule is CC(NC(=O)c1ccc2c(c1)B(O)OC2)C(NC(=O)c1ccc2c(c1)B(O)OC2)C(=O)NC(CC(=O)O)Cc1ccc(O)cc1. The number of amides is 3. The van der Waals surface area contributed by atoms with Gasteiger partial charge in [0, 0.05) is 17.2 Å². The van der Waals surface area contributed by atoms with Gasteiger partial charge in [0.25, 0.3) is 11.8 Å². The van der Waals surface area contributed by atoms with Crippen molar-refractivity contribution < 1.29 is 48.7 Å². The van der Waals surface area contributed by atoms with Crippen molar-refractivity contribution in [2.45, 2.75) is 51.1 Å². The molecule has 0 aliphatic carbocycles. The Balaban J connectivity index is 1.37. The molecule has 2 heterocycles. The lowest BCUT2D eigenvalue weighted by molar-refractivity contribution is -0.137. The minimum absolute atomic E-state index is 0.0287. The van der Waals surface area contributed by atoms with E-state index < -0.39 is 62.5 Å². The van der Waals surface area contributed by atoms with Crippen LogP contribution >= 0.6 is 0 Å². The number of benzene rings is 3. The molecule has 0 aromatic heterocycles. The molecule has 0 saturated carbocycles. The van der Waals surface area contributed by atoms with Crippen molar-refractivity contribution in [3.8, 4) is 5.75 Å². The van der Waals surface area contributed by atoms with Crippen molar-refractivity contribution in [2.24, 2.45) is 0 Å². The number of carbonyl (C=O) groups excluding carboxylic acids is 3. The summed E-state index contributed by atoms with van der Waals surface area (Å²) in [7, 11) is -2.36. The molecule has 13 nitrogen and oxygen atoms in total. The molecule has 232 valence electrons. The fourth-order valence-electron chi connectivity index (χ4n) is 5.32.